The topological polar surface area (TPSA) is 52.5 Å². The van der Waals surface area contributed by atoms with Crippen molar-refractivity contribution in [1.82, 2.24) is 5.32 Å². The minimum atomic E-state index is -0.0402. The molecule has 3 nitrogen and oxygen atoms in total. The summed E-state index contributed by atoms with van der Waals surface area (Å²) in [5, 5.41) is 22.2. The fourth-order valence-electron chi connectivity index (χ4n) is 2.12. The van der Waals surface area contributed by atoms with Crippen LogP contribution in [0.2, 0.25) is 0 Å². The van der Waals surface area contributed by atoms with E-state index in [4.69, 9.17) is 0 Å². The largest absolute Gasteiger partial charge is 0.504 e. The van der Waals surface area contributed by atoms with Crippen LogP contribution < -0.4 is 5.32 Å². The number of aromatic hydroxyl groups is 2. The molecule has 0 saturated heterocycles. The van der Waals surface area contributed by atoms with Crippen molar-refractivity contribution in [2.24, 2.45) is 0 Å². The monoisotopic (exact) mass is 233 g/mol. The summed E-state index contributed by atoms with van der Waals surface area (Å²) in [4.78, 5) is 0. The van der Waals surface area contributed by atoms with Crippen LogP contribution in [0, 0.1) is 0 Å². The molecule has 3 N–H and O–H groups in total. The normalized spacial score (nSPS) is 13.9. The molecule has 0 amide bonds. The number of nitrogens with one attached hydrogen (secondary N) is 1. The van der Waals surface area contributed by atoms with Gasteiger partial charge in [0.25, 0.3) is 0 Å². The van der Waals surface area contributed by atoms with E-state index in [0.29, 0.717) is 6.04 Å². The lowest BCUT2D eigenvalue weighted by molar-refractivity contribution is 0.403. The first-order chi connectivity index (χ1) is 8.06. The molecule has 0 fully saturated rings. The number of phenolic OH excluding ortho intramolecular Hbond substituents is 2. The van der Waals surface area contributed by atoms with Crippen LogP contribution >= 0.6 is 0 Å². The number of benzene rings is 1. The molecule has 17 heavy (non-hydrogen) atoms. The molecule has 0 unspecified atom stereocenters. The highest BCUT2D eigenvalue weighted by Gasteiger charge is 2.15. The van der Waals surface area contributed by atoms with Crippen LogP contribution in [-0.2, 0) is 6.42 Å². The summed E-state index contributed by atoms with van der Waals surface area (Å²) < 4.78 is 0. The molecule has 0 spiro atoms. The van der Waals surface area contributed by atoms with Crippen molar-refractivity contribution in [2.45, 2.75) is 32.7 Å². The molecule has 1 aromatic rings. The predicted molar refractivity (Wildman–Crippen MR) is 69.2 cm³/mol. The van der Waals surface area contributed by atoms with Gasteiger partial charge in [-0.05, 0) is 42.6 Å². The van der Waals surface area contributed by atoms with Gasteiger partial charge in [-0.1, -0.05) is 25.5 Å². The van der Waals surface area contributed by atoms with E-state index in [2.05, 4.69) is 25.2 Å². The fourth-order valence-corrected chi connectivity index (χ4v) is 2.12. The van der Waals surface area contributed by atoms with Gasteiger partial charge < -0.3 is 15.5 Å². The third kappa shape index (κ3) is 2.80. The molecule has 92 valence electrons. The van der Waals surface area contributed by atoms with Crippen LogP contribution in [0.4, 0.5) is 0 Å². The molecule has 0 atom stereocenters. The summed E-state index contributed by atoms with van der Waals surface area (Å²) in [5.74, 6) is -0.0692. The molecule has 0 bridgehead atoms. The van der Waals surface area contributed by atoms with Crippen LogP contribution in [0.1, 0.15) is 31.4 Å². The zero-order valence-electron chi connectivity index (χ0n) is 10.3. The number of hydrogen-bond donors (Lipinski definition) is 3. The lowest BCUT2D eigenvalue weighted by atomic mass is 10.1. The Morgan fingerprint density at radius 1 is 1.24 bits per heavy atom. The Hall–Kier alpha value is -1.48. The summed E-state index contributed by atoms with van der Waals surface area (Å²) in [6, 6.07) is 3.80. The summed E-state index contributed by atoms with van der Waals surface area (Å²) in [7, 11) is 0. The standard InChI is InChI=1S/C14H19NO2/c1-9(2)15-4-3-10-5-11-7-13(16)14(17)8-12(11)6-10/h5,7-9,15-17H,3-4,6H2,1-2H3. The van der Waals surface area contributed by atoms with Crippen LogP contribution in [0.15, 0.2) is 17.7 Å². The molecule has 0 aromatic heterocycles. The lowest BCUT2D eigenvalue weighted by Crippen LogP contribution is -2.23. The zero-order chi connectivity index (χ0) is 12.4. The van der Waals surface area contributed by atoms with E-state index >= 15 is 0 Å². The van der Waals surface area contributed by atoms with Gasteiger partial charge in [-0.15, -0.1) is 0 Å². The maximum absolute atomic E-state index is 9.43. The van der Waals surface area contributed by atoms with E-state index in [1.54, 1.807) is 12.1 Å². The maximum atomic E-state index is 9.43. The van der Waals surface area contributed by atoms with Crippen molar-refractivity contribution in [3.63, 3.8) is 0 Å². The third-order valence-corrected chi connectivity index (χ3v) is 3.01. The van der Waals surface area contributed by atoms with Crippen molar-refractivity contribution in [3.8, 4) is 11.5 Å². The molecular formula is C14H19NO2. The first-order valence-electron chi connectivity index (χ1n) is 6.04. The number of phenols is 2. The molecular weight excluding hydrogens is 214 g/mol. The van der Waals surface area contributed by atoms with Gasteiger partial charge in [0.1, 0.15) is 0 Å². The molecule has 1 aromatic carbocycles. The summed E-state index contributed by atoms with van der Waals surface area (Å²) >= 11 is 0. The molecule has 0 radical (unpaired) electrons. The smallest absolute Gasteiger partial charge is 0.158 e. The van der Waals surface area contributed by atoms with Gasteiger partial charge in [-0.3, -0.25) is 0 Å². The highest BCUT2D eigenvalue weighted by atomic mass is 16.3. The van der Waals surface area contributed by atoms with Gasteiger partial charge in [0.2, 0.25) is 0 Å². The van der Waals surface area contributed by atoms with Crippen LogP contribution in [0.25, 0.3) is 6.08 Å². The van der Waals surface area contributed by atoms with Crippen LogP contribution in [-0.4, -0.2) is 22.8 Å². The fraction of sp³-hybridized carbons (Fsp3) is 0.429. The Morgan fingerprint density at radius 3 is 2.65 bits per heavy atom. The van der Waals surface area contributed by atoms with E-state index in [1.807, 2.05) is 0 Å². The van der Waals surface area contributed by atoms with E-state index in [9.17, 15) is 10.2 Å². The van der Waals surface area contributed by atoms with Crippen molar-refractivity contribution in [2.75, 3.05) is 6.54 Å². The van der Waals surface area contributed by atoms with Gasteiger partial charge in [0.05, 0.1) is 0 Å². The number of hydrogen-bond acceptors (Lipinski definition) is 3. The van der Waals surface area contributed by atoms with E-state index < -0.39 is 0 Å². The molecule has 1 aliphatic rings. The molecule has 0 aliphatic heterocycles. The molecule has 0 heterocycles. The Morgan fingerprint density at radius 2 is 1.94 bits per heavy atom. The molecule has 2 rings (SSSR count). The SMILES string of the molecule is CC(C)NCCC1=Cc2cc(O)c(O)cc2C1. The van der Waals surface area contributed by atoms with E-state index in [-0.39, 0.29) is 11.5 Å². The second kappa shape index (κ2) is 4.80. The van der Waals surface area contributed by atoms with Crippen LogP contribution in [0.3, 0.4) is 0 Å². The Labute approximate surface area is 102 Å². The molecule has 3 heteroatoms. The summed E-state index contributed by atoms with van der Waals surface area (Å²) in [6.45, 7) is 5.23. The number of fused-ring (bicyclic) bond motifs is 1. The lowest BCUT2D eigenvalue weighted by Gasteiger charge is -2.08. The highest BCUT2D eigenvalue weighted by Crippen LogP contribution is 2.35. The van der Waals surface area contributed by atoms with Crippen molar-refractivity contribution in [1.29, 1.82) is 0 Å². The van der Waals surface area contributed by atoms with E-state index in [0.717, 1.165) is 30.5 Å². The minimum Gasteiger partial charge on any atom is -0.504 e. The highest BCUT2D eigenvalue weighted by molar-refractivity contribution is 5.67. The summed E-state index contributed by atoms with van der Waals surface area (Å²) in [6.07, 6.45) is 3.99. The summed E-state index contributed by atoms with van der Waals surface area (Å²) in [5.41, 5.74) is 3.47. The molecule has 0 saturated carbocycles. The average molecular weight is 233 g/mol. The Kier molecular flexibility index (Phi) is 3.38. The number of rotatable bonds is 4. The minimum absolute atomic E-state index is 0.0290. The van der Waals surface area contributed by atoms with Gasteiger partial charge >= 0.3 is 0 Å². The Bertz CT molecular complexity index is 450. The van der Waals surface area contributed by atoms with Gasteiger partial charge in [-0.2, -0.15) is 0 Å². The first-order valence-corrected chi connectivity index (χ1v) is 6.04. The van der Waals surface area contributed by atoms with Crippen molar-refractivity contribution in [3.05, 3.63) is 28.8 Å². The van der Waals surface area contributed by atoms with Gasteiger partial charge in [0, 0.05) is 6.04 Å². The second-order valence-electron chi connectivity index (χ2n) is 4.88. The second-order valence-corrected chi connectivity index (χ2v) is 4.88. The Balaban J connectivity index is 2.00. The van der Waals surface area contributed by atoms with Gasteiger partial charge in [-0.25, -0.2) is 0 Å². The molecule has 1 aliphatic carbocycles. The maximum Gasteiger partial charge on any atom is 0.158 e. The van der Waals surface area contributed by atoms with Crippen molar-refractivity contribution >= 4 is 6.08 Å². The third-order valence-electron chi connectivity index (χ3n) is 3.01. The quantitative estimate of drug-likeness (QED) is 0.700. The average Bonchev–Trinajstić information content (AvgIpc) is 2.60. The van der Waals surface area contributed by atoms with E-state index in [1.165, 1.54) is 5.57 Å². The van der Waals surface area contributed by atoms with Crippen molar-refractivity contribution < 1.29 is 10.2 Å². The predicted octanol–water partition coefficient (Wildman–Crippen LogP) is 2.43. The first kappa shape index (κ1) is 12.0. The zero-order valence-corrected chi connectivity index (χ0v) is 10.3. The van der Waals surface area contributed by atoms with Crippen LogP contribution in [0.5, 0.6) is 11.5 Å². The van der Waals surface area contributed by atoms with Gasteiger partial charge in [0.15, 0.2) is 11.5 Å².